The number of ether oxygens (including phenoxy) is 2. The second kappa shape index (κ2) is 9.93. The van der Waals surface area contributed by atoms with Gasteiger partial charge in [-0.2, -0.15) is 0 Å². The molecule has 2 rings (SSSR count). The number of rotatable bonds is 7. The minimum atomic E-state index is -1.08. The zero-order valence-electron chi connectivity index (χ0n) is 16.7. The number of carbonyl (C=O) groups excluding carboxylic acids is 3. The quantitative estimate of drug-likeness (QED) is 0.673. The van der Waals surface area contributed by atoms with Gasteiger partial charge in [-0.3, -0.25) is 14.4 Å². The number of nitrogens with one attached hydrogen (secondary N) is 2. The van der Waals surface area contributed by atoms with Gasteiger partial charge in [0.05, 0.1) is 12.8 Å². The number of benzene rings is 2. The van der Waals surface area contributed by atoms with Crippen molar-refractivity contribution in [3.63, 3.8) is 0 Å². The Morgan fingerprint density at radius 3 is 2.45 bits per heavy atom. The summed E-state index contributed by atoms with van der Waals surface area (Å²) >= 11 is 5.93. The first-order valence-corrected chi connectivity index (χ1v) is 9.28. The van der Waals surface area contributed by atoms with Crippen LogP contribution in [0.15, 0.2) is 36.4 Å². The molecule has 0 saturated carbocycles. The van der Waals surface area contributed by atoms with Crippen molar-refractivity contribution in [3.8, 4) is 5.75 Å². The summed E-state index contributed by atoms with van der Waals surface area (Å²) in [6.45, 7) is 4.91. The molecule has 0 aliphatic heterocycles. The van der Waals surface area contributed by atoms with E-state index in [2.05, 4.69) is 10.6 Å². The summed E-state index contributed by atoms with van der Waals surface area (Å²) in [6.07, 6.45) is -1.08. The van der Waals surface area contributed by atoms with Crippen molar-refractivity contribution in [2.45, 2.75) is 26.9 Å². The number of hydrogen-bond acceptors (Lipinski definition) is 5. The van der Waals surface area contributed by atoms with Crippen LogP contribution in [0.3, 0.4) is 0 Å². The van der Waals surface area contributed by atoms with Crippen molar-refractivity contribution >= 4 is 35.1 Å². The lowest BCUT2D eigenvalue weighted by atomic mass is 10.1. The van der Waals surface area contributed by atoms with E-state index in [0.717, 1.165) is 11.1 Å². The lowest BCUT2D eigenvalue weighted by Crippen LogP contribution is -2.35. The van der Waals surface area contributed by atoms with Crippen LogP contribution in [-0.2, 0) is 14.3 Å². The van der Waals surface area contributed by atoms with Crippen LogP contribution in [0.4, 0.5) is 5.69 Å². The molecule has 0 aliphatic rings. The Hall–Kier alpha value is -3.06. The standard InChI is InChI=1S/C21H23ClN2O5/c1-12-5-6-15(9-13(12)2)21(27)23-11-19(25)29-14(3)20(26)24-17-10-16(22)7-8-18(17)28-4/h5-10,14H,11H2,1-4H3,(H,23,27)(H,24,26)/t14-/m1/s1. The van der Waals surface area contributed by atoms with E-state index in [4.69, 9.17) is 21.1 Å². The molecule has 0 fully saturated rings. The average Bonchev–Trinajstić information content (AvgIpc) is 2.68. The Balaban J connectivity index is 1.88. The molecule has 0 aromatic heterocycles. The van der Waals surface area contributed by atoms with Crippen LogP contribution in [0.1, 0.15) is 28.4 Å². The Bertz CT molecular complexity index is 929. The molecule has 0 aliphatic carbocycles. The van der Waals surface area contributed by atoms with E-state index in [1.807, 2.05) is 19.9 Å². The third-order valence-corrected chi connectivity index (χ3v) is 4.49. The fourth-order valence-electron chi connectivity index (χ4n) is 2.44. The fourth-order valence-corrected chi connectivity index (χ4v) is 2.61. The first-order valence-electron chi connectivity index (χ1n) is 8.90. The molecule has 0 unspecified atom stereocenters. The predicted molar refractivity (Wildman–Crippen MR) is 110 cm³/mol. The SMILES string of the molecule is COc1ccc(Cl)cc1NC(=O)[C@@H](C)OC(=O)CNC(=O)c1ccc(C)c(C)c1. The lowest BCUT2D eigenvalue weighted by molar-refractivity contribution is -0.152. The molecular formula is C21H23ClN2O5. The molecule has 0 saturated heterocycles. The maximum Gasteiger partial charge on any atom is 0.326 e. The van der Waals surface area contributed by atoms with Gasteiger partial charge in [0, 0.05) is 10.6 Å². The highest BCUT2D eigenvalue weighted by atomic mass is 35.5. The third kappa shape index (κ3) is 6.22. The first kappa shape index (κ1) is 22.2. The highest BCUT2D eigenvalue weighted by Gasteiger charge is 2.20. The summed E-state index contributed by atoms with van der Waals surface area (Å²) in [6, 6.07) is 10.0. The van der Waals surface area contributed by atoms with Crippen molar-refractivity contribution in [3.05, 3.63) is 58.1 Å². The van der Waals surface area contributed by atoms with Gasteiger partial charge in [0.1, 0.15) is 12.3 Å². The maximum atomic E-state index is 12.3. The van der Waals surface area contributed by atoms with E-state index in [-0.39, 0.29) is 6.54 Å². The minimum absolute atomic E-state index is 0.357. The van der Waals surface area contributed by atoms with Gasteiger partial charge in [-0.05, 0) is 62.2 Å². The van der Waals surface area contributed by atoms with Crippen molar-refractivity contribution in [1.82, 2.24) is 5.32 Å². The van der Waals surface area contributed by atoms with Gasteiger partial charge in [-0.1, -0.05) is 17.7 Å². The van der Waals surface area contributed by atoms with E-state index >= 15 is 0 Å². The molecular weight excluding hydrogens is 396 g/mol. The zero-order valence-corrected chi connectivity index (χ0v) is 17.4. The number of hydrogen-bond donors (Lipinski definition) is 2. The zero-order chi connectivity index (χ0) is 21.6. The van der Waals surface area contributed by atoms with Crippen LogP contribution in [0.5, 0.6) is 5.75 Å². The molecule has 1 atom stereocenters. The van der Waals surface area contributed by atoms with Crippen molar-refractivity contribution in [2.75, 3.05) is 19.0 Å². The molecule has 29 heavy (non-hydrogen) atoms. The molecule has 0 spiro atoms. The van der Waals surface area contributed by atoms with Gasteiger partial charge >= 0.3 is 5.97 Å². The van der Waals surface area contributed by atoms with Gasteiger partial charge in [0.2, 0.25) is 0 Å². The molecule has 2 aromatic carbocycles. The molecule has 8 heteroatoms. The van der Waals surface area contributed by atoms with Gasteiger partial charge in [0.25, 0.3) is 11.8 Å². The summed E-state index contributed by atoms with van der Waals surface area (Å²) in [5, 5.41) is 5.50. The topological polar surface area (TPSA) is 93.7 Å². The average molecular weight is 419 g/mol. The first-order chi connectivity index (χ1) is 13.7. The number of carbonyl (C=O) groups is 3. The van der Waals surface area contributed by atoms with Gasteiger partial charge < -0.3 is 20.1 Å². The molecule has 0 radical (unpaired) electrons. The molecule has 0 bridgehead atoms. The van der Waals surface area contributed by atoms with Gasteiger partial charge in [-0.25, -0.2) is 0 Å². The molecule has 2 N–H and O–H groups in total. The highest BCUT2D eigenvalue weighted by molar-refractivity contribution is 6.31. The van der Waals surface area contributed by atoms with Gasteiger partial charge in [0.15, 0.2) is 6.10 Å². The van der Waals surface area contributed by atoms with E-state index < -0.39 is 23.9 Å². The van der Waals surface area contributed by atoms with Crippen LogP contribution in [-0.4, -0.2) is 37.5 Å². The Morgan fingerprint density at radius 2 is 1.79 bits per heavy atom. The molecule has 7 nitrogen and oxygen atoms in total. The van der Waals surface area contributed by atoms with E-state index in [1.54, 1.807) is 24.3 Å². The Morgan fingerprint density at radius 1 is 1.07 bits per heavy atom. The summed E-state index contributed by atoms with van der Waals surface area (Å²) in [7, 11) is 1.46. The highest BCUT2D eigenvalue weighted by Crippen LogP contribution is 2.27. The number of halogens is 1. The summed E-state index contributed by atoms with van der Waals surface area (Å²) in [5.74, 6) is -1.27. The van der Waals surface area contributed by atoms with E-state index in [9.17, 15) is 14.4 Å². The molecule has 0 heterocycles. The lowest BCUT2D eigenvalue weighted by Gasteiger charge is -2.15. The van der Waals surface area contributed by atoms with Crippen molar-refractivity contribution in [1.29, 1.82) is 0 Å². The predicted octanol–water partition coefficient (Wildman–Crippen LogP) is 3.27. The molecule has 154 valence electrons. The summed E-state index contributed by atoms with van der Waals surface area (Å²) in [5.41, 5.74) is 2.84. The van der Waals surface area contributed by atoms with Gasteiger partial charge in [-0.15, -0.1) is 0 Å². The Labute approximate surface area is 174 Å². The second-order valence-electron chi connectivity index (χ2n) is 6.45. The Kier molecular flexibility index (Phi) is 7.61. The van der Waals surface area contributed by atoms with Crippen molar-refractivity contribution in [2.24, 2.45) is 0 Å². The maximum absolute atomic E-state index is 12.3. The summed E-state index contributed by atoms with van der Waals surface area (Å²) < 4.78 is 10.2. The minimum Gasteiger partial charge on any atom is -0.495 e. The summed E-state index contributed by atoms with van der Waals surface area (Å²) in [4.78, 5) is 36.4. The fraction of sp³-hybridized carbons (Fsp3) is 0.286. The number of esters is 1. The van der Waals surface area contributed by atoms with Crippen LogP contribution in [0.2, 0.25) is 5.02 Å². The van der Waals surface area contributed by atoms with E-state index in [0.29, 0.717) is 22.0 Å². The van der Waals surface area contributed by atoms with Crippen LogP contribution in [0, 0.1) is 13.8 Å². The smallest absolute Gasteiger partial charge is 0.326 e. The molecule has 2 amide bonds. The monoisotopic (exact) mass is 418 g/mol. The third-order valence-electron chi connectivity index (χ3n) is 4.26. The second-order valence-corrected chi connectivity index (χ2v) is 6.88. The largest absolute Gasteiger partial charge is 0.495 e. The van der Waals surface area contributed by atoms with E-state index in [1.165, 1.54) is 20.1 Å². The number of aryl methyl sites for hydroxylation is 2. The van der Waals surface area contributed by atoms with Crippen molar-refractivity contribution < 1.29 is 23.9 Å². The van der Waals surface area contributed by atoms with Crippen LogP contribution >= 0.6 is 11.6 Å². The normalized spacial score (nSPS) is 11.3. The number of amides is 2. The molecule has 2 aromatic rings. The number of methoxy groups -OCH3 is 1. The van der Waals surface area contributed by atoms with Crippen LogP contribution in [0.25, 0.3) is 0 Å². The number of anilines is 1. The van der Waals surface area contributed by atoms with Crippen LogP contribution < -0.4 is 15.4 Å².